The van der Waals surface area contributed by atoms with Gasteiger partial charge in [0.05, 0.1) is 0 Å². The van der Waals surface area contributed by atoms with E-state index < -0.39 is 17.5 Å². The van der Waals surface area contributed by atoms with Gasteiger partial charge in [0, 0.05) is 0 Å². The van der Waals surface area contributed by atoms with Crippen LogP contribution in [-0.4, -0.2) is 21.6 Å². The molecular formula is C20H36Cl2PRu. The van der Waals surface area contributed by atoms with E-state index in [0.29, 0.717) is 0 Å². The molecule has 3 fully saturated rings. The summed E-state index contributed by atoms with van der Waals surface area (Å²) >= 11 is -2.76. The molecule has 3 aliphatic carbocycles. The zero-order valence-electron chi connectivity index (χ0n) is 15.5. The molecule has 0 heterocycles. The predicted molar refractivity (Wildman–Crippen MR) is 112 cm³/mol. The van der Waals surface area contributed by atoms with E-state index >= 15 is 0 Å². The molecule has 0 aromatic heterocycles. The number of hydrogen-bond donors (Lipinski definition) is 0. The van der Waals surface area contributed by atoms with Gasteiger partial charge < -0.3 is 0 Å². The molecule has 0 aliphatic heterocycles. The van der Waals surface area contributed by atoms with E-state index in [4.69, 9.17) is 19.4 Å². The zero-order chi connectivity index (χ0) is 17.2. The van der Waals surface area contributed by atoms with Crippen LogP contribution in [-0.2, 0) is 11.9 Å². The average Bonchev–Trinajstić information content (AvgIpc) is 3.30. The van der Waals surface area contributed by atoms with Crippen LogP contribution in [0.15, 0.2) is 11.6 Å². The standard InChI is InChI=1S/C15H27P.C5H8.2ClH.Ru/c1-2-8-13(7-1)16(14-9-3-4-10-14)15-11-5-6-12-15;1-4-5(2)3;;;/h13-15H,1-12H2;1,4H,2-3H3;2*1H;/q;;;;+1/p-1. The van der Waals surface area contributed by atoms with Crippen molar-refractivity contribution in [3.05, 3.63) is 11.6 Å². The van der Waals surface area contributed by atoms with Crippen LogP contribution in [0.2, 0.25) is 0 Å². The Hall–Kier alpha value is 1.24. The minimum absolute atomic E-state index is 0.937. The SMILES string of the molecule is CC(C)=C[CH]=[Ru]([Cl])([Cl])[PH](C1CCCC1)(C1CCCC1)C1CCCC1. The van der Waals surface area contributed by atoms with Gasteiger partial charge in [0.1, 0.15) is 0 Å². The first kappa shape index (κ1) is 20.0. The number of rotatable bonds is 5. The van der Waals surface area contributed by atoms with Crippen LogP contribution in [0.25, 0.3) is 0 Å². The van der Waals surface area contributed by atoms with Gasteiger partial charge in [-0.25, -0.2) is 0 Å². The topological polar surface area (TPSA) is 0 Å². The predicted octanol–water partition coefficient (Wildman–Crippen LogP) is 7.71. The van der Waals surface area contributed by atoms with Crippen molar-refractivity contribution >= 4 is 29.6 Å². The van der Waals surface area contributed by atoms with E-state index in [1.54, 1.807) is 0 Å². The van der Waals surface area contributed by atoms with Crippen molar-refractivity contribution in [3.8, 4) is 0 Å². The Balaban J connectivity index is 2.12. The molecule has 0 radical (unpaired) electrons. The number of allylic oxidation sites excluding steroid dienone is 2. The molecule has 3 saturated carbocycles. The third-order valence-corrected chi connectivity index (χ3v) is 36.5. The summed E-state index contributed by atoms with van der Waals surface area (Å²) in [5.41, 5.74) is 2.48. The van der Waals surface area contributed by atoms with Crippen molar-refractivity contribution in [1.29, 1.82) is 0 Å². The van der Waals surface area contributed by atoms with E-state index in [0.717, 1.165) is 17.0 Å². The normalized spacial score (nSPS) is 26.0. The first-order valence-electron chi connectivity index (χ1n) is 10.1. The van der Waals surface area contributed by atoms with Crippen LogP contribution in [0.1, 0.15) is 90.9 Å². The molecule has 0 aromatic rings. The Kier molecular flexibility index (Phi) is 7.08. The second-order valence-electron chi connectivity index (χ2n) is 8.55. The molecular weight excluding hydrogens is 443 g/mol. The summed E-state index contributed by atoms with van der Waals surface area (Å²) < 4.78 is 2.40. The first-order chi connectivity index (χ1) is 11.5. The fourth-order valence-electron chi connectivity index (χ4n) is 5.95. The fraction of sp³-hybridized carbons (Fsp3) is 0.850. The molecule has 3 rings (SSSR count). The second kappa shape index (κ2) is 8.50. The van der Waals surface area contributed by atoms with E-state index in [1.165, 1.54) is 82.6 Å². The van der Waals surface area contributed by atoms with Crippen molar-refractivity contribution in [2.24, 2.45) is 0 Å². The van der Waals surface area contributed by atoms with Gasteiger partial charge in [-0.2, -0.15) is 0 Å². The van der Waals surface area contributed by atoms with Gasteiger partial charge in [-0.3, -0.25) is 0 Å². The van der Waals surface area contributed by atoms with Crippen LogP contribution in [0.5, 0.6) is 0 Å². The number of halogens is 2. The van der Waals surface area contributed by atoms with Gasteiger partial charge in [0.25, 0.3) is 0 Å². The number of hydrogen-bond acceptors (Lipinski definition) is 0. The molecule has 24 heavy (non-hydrogen) atoms. The zero-order valence-corrected chi connectivity index (χ0v) is 19.7. The van der Waals surface area contributed by atoms with E-state index in [-0.39, 0.29) is 0 Å². The molecule has 0 amide bonds. The molecule has 0 bridgehead atoms. The van der Waals surface area contributed by atoms with Gasteiger partial charge in [-0.05, 0) is 0 Å². The molecule has 0 atom stereocenters. The van der Waals surface area contributed by atoms with E-state index in [9.17, 15) is 0 Å². The quantitative estimate of drug-likeness (QED) is 0.280. The van der Waals surface area contributed by atoms with Crippen molar-refractivity contribution < 1.29 is 11.9 Å². The third-order valence-electron chi connectivity index (χ3n) is 6.86. The summed E-state index contributed by atoms with van der Waals surface area (Å²) in [6, 6.07) is 0. The Morgan fingerprint density at radius 1 is 0.750 bits per heavy atom. The van der Waals surface area contributed by atoms with E-state index in [1.807, 2.05) is 0 Å². The minimum atomic E-state index is -2.76. The molecule has 0 unspecified atom stereocenters. The van der Waals surface area contributed by atoms with E-state index in [2.05, 4.69) is 24.5 Å². The molecule has 0 nitrogen and oxygen atoms in total. The van der Waals surface area contributed by atoms with Crippen molar-refractivity contribution in [2.75, 3.05) is 0 Å². The Labute approximate surface area is 160 Å². The van der Waals surface area contributed by atoms with Crippen LogP contribution in [0, 0.1) is 0 Å². The van der Waals surface area contributed by atoms with Crippen LogP contribution in [0.4, 0.5) is 0 Å². The van der Waals surface area contributed by atoms with Crippen LogP contribution >= 0.6 is 25.0 Å². The van der Waals surface area contributed by atoms with Gasteiger partial charge in [0.2, 0.25) is 0 Å². The van der Waals surface area contributed by atoms with Gasteiger partial charge >= 0.3 is 161 Å². The van der Waals surface area contributed by atoms with Gasteiger partial charge in [0.15, 0.2) is 0 Å². The van der Waals surface area contributed by atoms with Crippen molar-refractivity contribution in [1.82, 2.24) is 0 Å². The maximum absolute atomic E-state index is 7.54. The summed E-state index contributed by atoms with van der Waals surface area (Å²) in [6.45, 7) is 4.37. The summed E-state index contributed by atoms with van der Waals surface area (Å²) in [5.74, 6) is 0. The molecule has 0 N–H and O–H groups in total. The Morgan fingerprint density at radius 3 is 1.38 bits per heavy atom. The Bertz CT molecular complexity index is 459. The summed E-state index contributed by atoms with van der Waals surface area (Å²) in [4.78, 5) is 0. The molecule has 4 heteroatoms. The summed E-state index contributed by atoms with van der Waals surface area (Å²) in [7, 11) is 15.1. The van der Waals surface area contributed by atoms with Crippen molar-refractivity contribution in [3.63, 3.8) is 0 Å². The molecule has 143 valence electrons. The summed E-state index contributed by atoms with van der Waals surface area (Å²) in [6.07, 6.45) is 19.6. The van der Waals surface area contributed by atoms with Crippen LogP contribution in [0.3, 0.4) is 0 Å². The monoisotopic (exact) mass is 479 g/mol. The second-order valence-corrected chi connectivity index (χ2v) is 31.6. The molecule has 0 saturated heterocycles. The van der Waals surface area contributed by atoms with Gasteiger partial charge in [-0.15, -0.1) is 0 Å². The third kappa shape index (κ3) is 3.77. The maximum atomic E-state index is 7.54. The molecule has 0 aromatic carbocycles. The molecule has 0 spiro atoms. The van der Waals surface area contributed by atoms with Crippen LogP contribution < -0.4 is 0 Å². The average molecular weight is 479 g/mol. The summed E-state index contributed by atoms with van der Waals surface area (Å²) in [5, 5.41) is 0. The first-order valence-corrected chi connectivity index (χ1v) is 20.3. The Morgan fingerprint density at radius 2 is 1.08 bits per heavy atom. The molecule has 3 aliphatic rings. The van der Waals surface area contributed by atoms with Crippen molar-refractivity contribution in [2.45, 2.75) is 108 Å². The fourth-order valence-corrected chi connectivity index (χ4v) is 41.1. The van der Waals surface area contributed by atoms with Gasteiger partial charge in [-0.1, -0.05) is 0 Å².